The summed E-state index contributed by atoms with van der Waals surface area (Å²) in [5.41, 5.74) is 3.97. The number of hydrogen-bond donors (Lipinski definition) is 0. The Morgan fingerprint density at radius 3 is 2.97 bits per heavy atom. The van der Waals surface area contributed by atoms with Gasteiger partial charge >= 0.3 is 0 Å². The molecule has 1 saturated heterocycles. The number of imidazole rings is 2. The van der Waals surface area contributed by atoms with Crippen molar-refractivity contribution in [1.29, 1.82) is 0 Å². The van der Waals surface area contributed by atoms with Gasteiger partial charge in [-0.15, -0.1) is 11.3 Å². The Bertz CT molecular complexity index is 1400. The van der Waals surface area contributed by atoms with E-state index in [0.29, 0.717) is 17.5 Å². The molecule has 0 unspecified atom stereocenters. The van der Waals surface area contributed by atoms with Crippen molar-refractivity contribution < 1.29 is 4.74 Å². The SMILES string of the molecule is Cc1cn2cc(Cc3nc4cnc5ccc(Cl)cc5c4n3[C@@H]3CCO[C@H](C)C3)nc2s1. The Balaban J connectivity index is 1.55. The summed E-state index contributed by atoms with van der Waals surface area (Å²) < 4.78 is 10.4. The predicted molar refractivity (Wildman–Crippen MR) is 124 cm³/mol. The molecule has 0 aliphatic carbocycles. The third kappa shape index (κ3) is 3.32. The molecule has 0 saturated carbocycles. The summed E-state index contributed by atoms with van der Waals surface area (Å²) in [5, 5.41) is 1.76. The van der Waals surface area contributed by atoms with Crippen LogP contribution < -0.4 is 0 Å². The fraction of sp³-hybridized carbons (Fsp3) is 0.348. The highest BCUT2D eigenvalue weighted by Gasteiger charge is 2.26. The van der Waals surface area contributed by atoms with E-state index in [0.717, 1.165) is 57.9 Å². The second-order valence-corrected chi connectivity index (χ2v) is 10.0. The lowest BCUT2D eigenvalue weighted by Crippen LogP contribution is -2.26. The molecule has 1 aliphatic heterocycles. The van der Waals surface area contributed by atoms with Gasteiger partial charge in [-0.2, -0.15) is 0 Å². The minimum absolute atomic E-state index is 0.224. The van der Waals surface area contributed by atoms with Crippen molar-refractivity contribution in [2.75, 3.05) is 6.61 Å². The molecular weight excluding hydrogens is 430 g/mol. The van der Waals surface area contributed by atoms with E-state index in [9.17, 15) is 0 Å². The molecule has 0 amide bonds. The van der Waals surface area contributed by atoms with Gasteiger partial charge in [0.1, 0.15) is 11.3 Å². The molecule has 6 nitrogen and oxygen atoms in total. The summed E-state index contributed by atoms with van der Waals surface area (Å²) >= 11 is 8.08. The quantitative estimate of drug-likeness (QED) is 0.359. The predicted octanol–water partition coefficient (Wildman–Crippen LogP) is 5.59. The highest BCUT2D eigenvalue weighted by molar-refractivity contribution is 7.16. The summed E-state index contributed by atoms with van der Waals surface area (Å²) in [4.78, 5) is 16.8. The van der Waals surface area contributed by atoms with E-state index in [1.807, 2.05) is 24.4 Å². The van der Waals surface area contributed by atoms with E-state index in [1.165, 1.54) is 4.88 Å². The standard InChI is InChI=1S/C23H22ClN5OS/c1-13-7-17(5-6-30-13)29-21(9-16-12-28-11-14(2)31-23(28)26-16)27-20-10-25-19-4-3-15(24)8-18(19)22(20)29/h3-4,8,10-13,17H,5-7,9H2,1-2H3/t13-,17-/m1/s1. The number of thiazole rings is 1. The van der Waals surface area contributed by atoms with Crippen LogP contribution in [0.1, 0.15) is 42.2 Å². The first-order chi connectivity index (χ1) is 15.0. The minimum Gasteiger partial charge on any atom is -0.378 e. The Morgan fingerprint density at radius 2 is 2.13 bits per heavy atom. The average molecular weight is 452 g/mol. The van der Waals surface area contributed by atoms with Gasteiger partial charge in [0.05, 0.1) is 29.0 Å². The van der Waals surface area contributed by atoms with Crippen LogP contribution in [0.25, 0.3) is 26.9 Å². The third-order valence-corrected chi connectivity index (χ3v) is 7.18. The van der Waals surface area contributed by atoms with Crippen molar-refractivity contribution in [1.82, 2.24) is 23.9 Å². The number of hydrogen-bond acceptors (Lipinski definition) is 5. The van der Waals surface area contributed by atoms with Crippen LogP contribution in [0.15, 0.2) is 36.8 Å². The van der Waals surface area contributed by atoms with Crippen LogP contribution >= 0.6 is 22.9 Å². The molecule has 0 radical (unpaired) electrons. The van der Waals surface area contributed by atoms with Gasteiger partial charge in [-0.25, -0.2) is 9.97 Å². The number of benzene rings is 1. The molecule has 1 aliphatic rings. The molecule has 0 spiro atoms. The van der Waals surface area contributed by atoms with E-state index in [2.05, 4.69) is 40.2 Å². The lowest BCUT2D eigenvalue weighted by molar-refractivity contribution is 0.00631. The van der Waals surface area contributed by atoms with Gasteiger partial charge < -0.3 is 9.30 Å². The zero-order valence-corrected chi connectivity index (χ0v) is 19.0. The second-order valence-electron chi connectivity index (χ2n) is 8.35. The van der Waals surface area contributed by atoms with Gasteiger partial charge in [0.25, 0.3) is 0 Å². The average Bonchev–Trinajstić information content (AvgIpc) is 3.38. The van der Waals surface area contributed by atoms with Crippen LogP contribution in [-0.2, 0) is 11.2 Å². The fourth-order valence-electron chi connectivity index (χ4n) is 4.73. The van der Waals surface area contributed by atoms with Crippen LogP contribution in [-0.4, -0.2) is 36.6 Å². The first-order valence-electron chi connectivity index (χ1n) is 10.6. The zero-order chi connectivity index (χ0) is 21.1. The lowest BCUT2D eigenvalue weighted by Gasteiger charge is -2.30. The van der Waals surface area contributed by atoms with Gasteiger partial charge in [-0.05, 0) is 44.9 Å². The lowest BCUT2D eigenvalue weighted by atomic mass is 10.0. The van der Waals surface area contributed by atoms with Gasteiger partial charge in [-0.3, -0.25) is 9.38 Å². The number of fused-ring (bicyclic) bond motifs is 4. The molecule has 1 fully saturated rings. The molecule has 8 heteroatoms. The van der Waals surface area contributed by atoms with Crippen LogP contribution in [0.2, 0.25) is 5.02 Å². The zero-order valence-electron chi connectivity index (χ0n) is 17.4. The molecule has 0 bridgehead atoms. The largest absolute Gasteiger partial charge is 0.378 e. The topological polar surface area (TPSA) is 57.2 Å². The monoisotopic (exact) mass is 451 g/mol. The molecule has 1 aromatic carbocycles. The molecule has 0 N–H and O–H groups in total. The Hall–Kier alpha value is -2.48. The van der Waals surface area contributed by atoms with E-state index < -0.39 is 0 Å². The summed E-state index contributed by atoms with van der Waals surface area (Å²) in [7, 11) is 0. The van der Waals surface area contributed by atoms with Gasteiger partial charge in [0, 0.05) is 46.7 Å². The minimum atomic E-state index is 0.224. The molecule has 2 atom stereocenters. The van der Waals surface area contributed by atoms with Crippen molar-refractivity contribution in [2.45, 2.75) is 45.3 Å². The molecule has 5 aromatic rings. The van der Waals surface area contributed by atoms with Gasteiger partial charge in [0.15, 0.2) is 4.96 Å². The maximum Gasteiger partial charge on any atom is 0.194 e. The van der Waals surface area contributed by atoms with Crippen molar-refractivity contribution in [3.8, 4) is 0 Å². The molecule has 4 aromatic heterocycles. The smallest absolute Gasteiger partial charge is 0.194 e. The van der Waals surface area contributed by atoms with E-state index in [1.54, 1.807) is 11.3 Å². The highest BCUT2D eigenvalue weighted by atomic mass is 35.5. The van der Waals surface area contributed by atoms with Crippen LogP contribution in [0.5, 0.6) is 0 Å². The molecule has 31 heavy (non-hydrogen) atoms. The van der Waals surface area contributed by atoms with Crippen LogP contribution in [0, 0.1) is 6.92 Å². The number of halogens is 1. The van der Waals surface area contributed by atoms with Crippen LogP contribution in [0.3, 0.4) is 0 Å². The molecular formula is C23H22ClN5OS. The Morgan fingerprint density at radius 1 is 1.23 bits per heavy atom. The van der Waals surface area contributed by atoms with Crippen molar-refractivity contribution >= 4 is 49.8 Å². The Labute approximate surface area is 188 Å². The fourth-order valence-corrected chi connectivity index (χ4v) is 5.73. The molecule has 6 rings (SSSR count). The highest BCUT2D eigenvalue weighted by Crippen LogP contribution is 2.35. The van der Waals surface area contributed by atoms with Crippen LogP contribution in [0.4, 0.5) is 0 Å². The first kappa shape index (κ1) is 19.2. The first-order valence-corrected chi connectivity index (χ1v) is 11.8. The van der Waals surface area contributed by atoms with Gasteiger partial charge in [0.2, 0.25) is 0 Å². The van der Waals surface area contributed by atoms with Gasteiger partial charge in [-0.1, -0.05) is 11.6 Å². The Kier molecular flexibility index (Phi) is 4.52. The maximum absolute atomic E-state index is 6.37. The normalized spacial score (nSPS) is 19.7. The number of rotatable bonds is 3. The summed E-state index contributed by atoms with van der Waals surface area (Å²) in [5.74, 6) is 1.02. The second kappa shape index (κ2) is 7.29. The summed E-state index contributed by atoms with van der Waals surface area (Å²) in [6.07, 6.45) is 8.94. The number of pyridine rings is 1. The maximum atomic E-state index is 6.37. The number of aryl methyl sites for hydroxylation is 1. The van der Waals surface area contributed by atoms with Crippen molar-refractivity contribution in [2.24, 2.45) is 0 Å². The van der Waals surface area contributed by atoms with Crippen molar-refractivity contribution in [3.05, 3.63) is 58.2 Å². The number of ether oxygens (including phenoxy) is 1. The van der Waals surface area contributed by atoms with Crippen molar-refractivity contribution in [3.63, 3.8) is 0 Å². The summed E-state index contributed by atoms with van der Waals surface area (Å²) in [6, 6.07) is 6.19. The number of aromatic nitrogens is 5. The van der Waals surface area contributed by atoms with E-state index in [-0.39, 0.29) is 6.10 Å². The molecule has 5 heterocycles. The number of nitrogens with zero attached hydrogens (tertiary/aromatic N) is 5. The van der Waals surface area contributed by atoms with E-state index in [4.69, 9.17) is 26.3 Å². The summed E-state index contributed by atoms with van der Waals surface area (Å²) in [6.45, 7) is 5.01. The molecule has 158 valence electrons. The third-order valence-electron chi connectivity index (χ3n) is 6.03. The van der Waals surface area contributed by atoms with E-state index >= 15 is 0 Å².